The minimum atomic E-state index is 0.464. The molecule has 1 N–H and O–H groups in total. The molecule has 74 valence electrons. The Morgan fingerprint density at radius 2 is 2.00 bits per heavy atom. The lowest BCUT2D eigenvalue weighted by Gasteiger charge is -2.23. The van der Waals surface area contributed by atoms with Gasteiger partial charge in [0.25, 0.3) is 0 Å². The monoisotopic (exact) mass is 283 g/mol. The first-order valence-electron chi connectivity index (χ1n) is 4.83. The summed E-state index contributed by atoms with van der Waals surface area (Å²) in [5.74, 6) is 0.893. The van der Waals surface area contributed by atoms with Crippen LogP contribution >= 0.6 is 22.6 Å². The summed E-state index contributed by atoms with van der Waals surface area (Å²) in [6, 6.07) is 0. The fraction of sp³-hybridized carbons (Fsp3) is 1.00. The van der Waals surface area contributed by atoms with Crippen molar-refractivity contribution in [1.82, 2.24) is 5.32 Å². The highest BCUT2D eigenvalue weighted by Gasteiger charge is 2.18. The standard InChI is InChI=1S/C10H22IN/c1-5-9(6-7-12-4)8-10(2,3)11/h9,12H,5-8H2,1-4H3. The molecule has 0 bridgehead atoms. The molecule has 2 heteroatoms. The Morgan fingerprint density at radius 3 is 2.33 bits per heavy atom. The number of alkyl halides is 1. The van der Waals surface area contributed by atoms with Gasteiger partial charge in [-0.25, -0.2) is 0 Å². The molecule has 0 aromatic carbocycles. The molecule has 0 saturated heterocycles. The van der Waals surface area contributed by atoms with Crippen LogP contribution in [0.15, 0.2) is 0 Å². The van der Waals surface area contributed by atoms with Crippen LogP contribution in [0, 0.1) is 5.92 Å². The molecule has 0 aliphatic rings. The van der Waals surface area contributed by atoms with Gasteiger partial charge in [0.05, 0.1) is 0 Å². The molecule has 0 aromatic heterocycles. The van der Waals surface area contributed by atoms with E-state index >= 15 is 0 Å². The van der Waals surface area contributed by atoms with Crippen LogP contribution in [0.2, 0.25) is 0 Å². The zero-order valence-corrected chi connectivity index (χ0v) is 10.9. The van der Waals surface area contributed by atoms with Crippen LogP contribution < -0.4 is 5.32 Å². The van der Waals surface area contributed by atoms with Crippen molar-refractivity contribution < 1.29 is 0 Å². The summed E-state index contributed by atoms with van der Waals surface area (Å²) < 4.78 is 0.464. The lowest BCUT2D eigenvalue weighted by Crippen LogP contribution is -2.19. The lowest BCUT2D eigenvalue weighted by molar-refractivity contribution is 0.400. The molecule has 0 aromatic rings. The molecule has 1 atom stereocenters. The maximum Gasteiger partial charge on any atom is 0.0168 e. The van der Waals surface area contributed by atoms with Gasteiger partial charge in [-0.05, 0) is 32.4 Å². The van der Waals surface area contributed by atoms with Crippen LogP contribution in [-0.4, -0.2) is 17.0 Å². The van der Waals surface area contributed by atoms with E-state index in [1.165, 1.54) is 19.3 Å². The molecule has 0 spiro atoms. The number of rotatable bonds is 6. The highest BCUT2D eigenvalue weighted by molar-refractivity contribution is 14.1. The SMILES string of the molecule is CCC(CCNC)CC(C)(C)I. The molecule has 1 nitrogen and oxygen atoms in total. The second-order valence-corrected chi connectivity index (χ2v) is 7.01. The van der Waals surface area contributed by atoms with Crippen LogP contribution in [0.25, 0.3) is 0 Å². The van der Waals surface area contributed by atoms with Crippen LogP contribution in [0.3, 0.4) is 0 Å². The van der Waals surface area contributed by atoms with Crippen molar-refractivity contribution in [2.75, 3.05) is 13.6 Å². The minimum Gasteiger partial charge on any atom is -0.320 e. The van der Waals surface area contributed by atoms with E-state index in [4.69, 9.17) is 0 Å². The van der Waals surface area contributed by atoms with Gasteiger partial charge in [0, 0.05) is 3.42 Å². The predicted molar refractivity (Wildman–Crippen MR) is 65.0 cm³/mol. The van der Waals surface area contributed by atoms with Crippen molar-refractivity contribution in [1.29, 1.82) is 0 Å². The van der Waals surface area contributed by atoms with Crippen LogP contribution in [0.4, 0.5) is 0 Å². The molecule has 0 rings (SSSR count). The Labute approximate surface area is 90.8 Å². The predicted octanol–water partition coefficient (Wildman–Crippen LogP) is 3.23. The number of nitrogens with one attached hydrogen (secondary N) is 1. The normalized spacial score (nSPS) is 14.8. The molecule has 0 saturated carbocycles. The fourth-order valence-corrected chi connectivity index (χ4v) is 2.11. The maximum absolute atomic E-state index is 3.22. The molecular weight excluding hydrogens is 261 g/mol. The van der Waals surface area contributed by atoms with E-state index in [0.29, 0.717) is 3.42 Å². The summed E-state index contributed by atoms with van der Waals surface area (Å²) in [5, 5.41) is 3.22. The van der Waals surface area contributed by atoms with Gasteiger partial charge in [0.2, 0.25) is 0 Å². The first kappa shape index (κ1) is 12.7. The zero-order chi connectivity index (χ0) is 9.61. The van der Waals surface area contributed by atoms with Crippen LogP contribution in [0.5, 0.6) is 0 Å². The quantitative estimate of drug-likeness (QED) is 0.583. The van der Waals surface area contributed by atoms with Crippen molar-refractivity contribution in [3.05, 3.63) is 0 Å². The summed E-state index contributed by atoms with van der Waals surface area (Å²) in [6.07, 6.45) is 3.97. The summed E-state index contributed by atoms with van der Waals surface area (Å²) in [6.45, 7) is 8.08. The third-order valence-electron chi connectivity index (χ3n) is 2.15. The van der Waals surface area contributed by atoms with Gasteiger partial charge in [0.15, 0.2) is 0 Å². The second-order valence-electron chi connectivity index (χ2n) is 4.09. The molecule has 0 radical (unpaired) electrons. The zero-order valence-electron chi connectivity index (χ0n) is 8.78. The van der Waals surface area contributed by atoms with Gasteiger partial charge in [0.1, 0.15) is 0 Å². The molecule has 12 heavy (non-hydrogen) atoms. The maximum atomic E-state index is 3.22. The fourth-order valence-electron chi connectivity index (χ4n) is 1.49. The van der Waals surface area contributed by atoms with Crippen molar-refractivity contribution in [2.45, 2.75) is 43.5 Å². The number of hydrogen-bond donors (Lipinski definition) is 1. The van der Waals surface area contributed by atoms with E-state index in [2.05, 4.69) is 48.7 Å². The highest BCUT2D eigenvalue weighted by Crippen LogP contribution is 2.28. The minimum absolute atomic E-state index is 0.464. The van der Waals surface area contributed by atoms with Gasteiger partial charge in [-0.3, -0.25) is 0 Å². The molecule has 0 fully saturated rings. The molecule has 0 aliphatic carbocycles. The van der Waals surface area contributed by atoms with Gasteiger partial charge >= 0.3 is 0 Å². The van der Waals surface area contributed by atoms with Gasteiger partial charge in [-0.1, -0.05) is 49.8 Å². The Hall–Kier alpha value is 0.690. The average molecular weight is 283 g/mol. The topological polar surface area (TPSA) is 12.0 Å². The molecule has 0 aliphatic heterocycles. The van der Waals surface area contributed by atoms with E-state index < -0.39 is 0 Å². The van der Waals surface area contributed by atoms with Crippen molar-refractivity contribution in [3.63, 3.8) is 0 Å². The van der Waals surface area contributed by atoms with Gasteiger partial charge in [-0.2, -0.15) is 0 Å². The summed E-state index contributed by atoms with van der Waals surface area (Å²) in [7, 11) is 2.03. The third kappa shape index (κ3) is 7.35. The van der Waals surface area contributed by atoms with Gasteiger partial charge in [-0.15, -0.1) is 0 Å². The first-order valence-corrected chi connectivity index (χ1v) is 5.91. The molecule has 0 amide bonds. The summed E-state index contributed by atoms with van der Waals surface area (Å²) in [4.78, 5) is 0. The summed E-state index contributed by atoms with van der Waals surface area (Å²) in [5.41, 5.74) is 0. The molecule has 0 heterocycles. The van der Waals surface area contributed by atoms with Gasteiger partial charge < -0.3 is 5.32 Å². The average Bonchev–Trinajstić information content (AvgIpc) is 1.95. The van der Waals surface area contributed by atoms with Crippen LogP contribution in [-0.2, 0) is 0 Å². The van der Waals surface area contributed by atoms with E-state index in [-0.39, 0.29) is 0 Å². The smallest absolute Gasteiger partial charge is 0.0168 e. The molecule has 1 unspecified atom stereocenters. The van der Waals surface area contributed by atoms with Crippen LogP contribution in [0.1, 0.15) is 40.0 Å². The summed E-state index contributed by atoms with van der Waals surface area (Å²) >= 11 is 2.55. The Morgan fingerprint density at radius 1 is 1.42 bits per heavy atom. The largest absolute Gasteiger partial charge is 0.320 e. The Bertz CT molecular complexity index is 107. The molecular formula is C10H22IN. The number of halogens is 1. The van der Waals surface area contributed by atoms with Crippen molar-refractivity contribution in [3.8, 4) is 0 Å². The van der Waals surface area contributed by atoms with E-state index in [0.717, 1.165) is 12.5 Å². The Kier molecular flexibility index (Phi) is 6.55. The van der Waals surface area contributed by atoms with Crippen molar-refractivity contribution in [2.24, 2.45) is 5.92 Å². The number of hydrogen-bond acceptors (Lipinski definition) is 1. The van der Waals surface area contributed by atoms with Crippen molar-refractivity contribution >= 4 is 22.6 Å². The Balaban J connectivity index is 3.67. The van der Waals surface area contributed by atoms with E-state index in [1.807, 2.05) is 7.05 Å². The lowest BCUT2D eigenvalue weighted by atomic mass is 9.92. The third-order valence-corrected chi connectivity index (χ3v) is 2.59. The van der Waals surface area contributed by atoms with E-state index in [9.17, 15) is 0 Å². The highest BCUT2D eigenvalue weighted by atomic mass is 127. The first-order chi connectivity index (χ1) is 5.49. The van der Waals surface area contributed by atoms with E-state index in [1.54, 1.807) is 0 Å². The second kappa shape index (κ2) is 6.19.